The van der Waals surface area contributed by atoms with Gasteiger partial charge < -0.3 is 4.74 Å². The average Bonchev–Trinajstić information content (AvgIpc) is 3.10. The van der Waals surface area contributed by atoms with Gasteiger partial charge in [-0.15, -0.1) is 5.26 Å². The Kier molecular flexibility index (Phi) is 14.7. The van der Waals surface area contributed by atoms with E-state index < -0.39 is 0 Å². The normalized spacial score (nSPS) is 9.35. The molecule has 0 aliphatic rings. The highest BCUT2D eigenvalue weighted by atomic mass is 16.5. The highest BCUT2D eigenvalue weighted by molar-refractivity contribution is 5.97. The fourth-order valence-electron chi connectivity index (χ4n) is 4.33. The largest absolute Gasteiger partial charge is 0.388 e. The number of rotatable bonds is 9. The molecular weight excluding hydrogens is 616 g/mol. The zero-order valence-electron chi connectivity index (χ0n) is 27.2. The Labute approximate surface area is 284 Å². The number of hydrogen-bond donors (Lipinski definition) is 0. The van der Waals surface area contributed by atoms with Crippen molar-refractivity contribution in [2.75, 3.05) is 0 Å². The second-order valence-corrected chi connectivity index (χ2v) is 10.7. The minimum absolute atomic E-state index is 0.0756. The van der Waals surface area contributed by atoms with Gasteiger partial charge in [0.1, 0.15) is 5.75 Å². The maximum atomic E-state index is 12.1. The lowest BCUT2D eigenvalue weighted by Crippen LogP contribution is -2.03. The average molecular weight is 649 g/mol. The summed E-state index contributed by atoms with van der Waals surface area (Å²) in [6.07, 6.45) is 7.22. The number of benzene rings is 5. The maximum Gasteiger partial charge on any atom is 0.292 e. The van der Waals surface area contributed by atoms with E-state index in [4.69, 9.17) is 5.26 Å². The molecule has 0 unspecified atom stereocenters. The number of isocyanates is 3. The summed E-state index contributed by atoms with van der Waals surface area (Å²) < 4.78 is 4.56. The Morgan fingerprint density at radius 3 is 1.57 bits per heavy atom. The third-order valence-corrected chi connectivity index (χ3v) is 7.00. The summed E-state index contributed by atoms with van der Waals surface area (Å²) >= 11 is 0. The van der Waals surface area contributed by atoms with E-state index in [9.17, 15) is 19.2 Å². The standard InChI is InChI=1S/C16H13NO2.C15H13NO.C9H6N2O2/c1-12-2-6-14(7-3-12)16(19)10-13-4-8-15(9-5-13)17-11-18;1-12-2-4-13(5-3-12)10-14-6-8-15(9-7-14)16-11-17;1-7-2-3-8(13-5-10)4-9(7)11-6-12/h2-9H,10H2,1H3;2-9H,10H2,1H3;2-4H,1H3. The fourth-order valence-corrected chi connectivity index (χ4v) is 4.33. The number of nitriles is 1. The maximum absolute atomic E-state index is 12.1. The number of carbonyl (C=O) groups excluding carboxylic acids is 4. The van der Waals surface area contributed by atoms with Gasteiger partial charge in [0.25, 0.3) is 6.26 Å². The summed E-state index contributed by atoms with van der Waals surface area (Å²) in [6.45, 7) is 5.86. The number of aryl methyl sites for hydroxylation is 3. The molecule has 0 saturated heterocycles. The van der Waals surface area contributed by atoms with Gasteiger partial charge in [0.05, 0.1) is 17.1 Å². The topological polar surface area (TPSA) is 138 Å². The van der Waals surface area contributed by atoms with Gasteiger partial charge in [0.15, 0.2) is 5.78 Å². The van der Waals surface area contributed by atoms with Gasteiger partial charge in [-0.25, -0.2) is 14.4 Å². The lowest BCUT2D eigenvalue weighted by atomic mass is 10.0. The van der Waals surface area contributed by atoms with Crippen molar-refractivity contribution in [2.45, 2.75) is 33.6 Å². The molecule has 0 saturated carbocycles. The summed E-state index contributed by atoms with van der Waals surface area (Å²) in [5.41, 5.74) is 8.97. The molecule has 0 fully saturated rings. The summed E-state index contributed by atoms with van der Waals surface area (Å²) in [6, 6.07) is 35.5. The summed E-state index contributed by atoms with van der Waals surface area (Å²) in [5, 5.41) is 8.23. The van der Waals surface area contributed by atoms with Crippen molar-refractivity contribution in [3.8, 4) is 12.0 Å². The van der Waals surface area contributed by atoms with E-state index in [2.05, 4.69) is 50.9 Å². The van der Waals surface area contributed by atoms with Crippen LogP contribution in [0, 0.1) is 32.3 Å². The number of Topliss-reactive ketones (excluding diaryl/α,β-unsaturated/α-hetero) is 1. The van der Waals surface area contributed by atoms with Gasteiger partial charge in [-0.3, -0.25) is 4.79 Å². The highest BCUT2D eigenvalue weighted by Crippen LogP contribution is 2.24. The monoisotopic (exact) mass is 648 g/mol. The van der Waals surface area contributed by atoms with Crippen molar-refractivity contribution in [3.63, 3.8) is 0 Å². The van der Waals surface area contributed by atoms with Crippen molar-refractivity contribution in [3.05, 3.63) is 154 Å². The first kappa shape index (κ1) is 36.7. The SMILES string of the molecule is Cc1ccc(C(=O)Cc2ccc(N=C=O)cc2)cc1.Cc1ccc(Cc2ccc(N=C=O)cc2)cc1.Cc1ccc(OC#N)cc1N=C=O. The Morgan fingerprint density at radius 1 is 0.612 bits per heavy atom. The third kappa shape index (κ3) is 12.8. The third-order valence-electron chi connectivity index (χ3n) is 7.00. The highest BCUT2D eigenvalue weighted by Gasteiger charge is 2.07. The zero-order chi connectivity index (χ0) is 35.4. The van der Waals surface area contributed by atoms with Gasteiger partial charge in [0, 0.05) is 18.1 Å². The molecule has 0 bridgehead atoms. The van der Waals surface area contributed by atoms with Crippen LogP contribution in [0.5, 0.6) is 5.75 Å². The molecule has 5 rings (SSSR count). The molecule has 9 nitrogen and oxygen atoms in total. The Morgan fingerprint density at radius 2 is 1.08 bits per heavy atom. The molecule has 0 aliphatic carbocycles. The molecule has 0 amide bonds. The molecule has 0 radical (unpaired) electrons. The van der Waals surface area contributed by atoms with Gasteiger partial charge in [-0.2, -0.15) is 15.0 Å². The second-order valence-electron chi connectivity index (χ2n) is 10.7. The summed E-state index contributed by atoms with van der Waals surface area (Å²) in [4.78, 5) is 52.8. The number of nitrogens with zero attached hydrogens (tertiary/aromatic N) is 4. The molecule has 242 valence electrons. The quantitative estimate of drug-likeness (QED) is 0.0678. The van der Waals surface area contributed by atoms with Crippen LogP contribution >= 0.6 is 0 Å². The van der Waals surface area contributed by atoms with Crippen molar-refractivity contribution in [2.24, 2.45) is 15.0 Å². The minimum Gasteiger partial charge on any atom is -0.388 e. The summed E-state index contributed by atoms with van der Waals surface area (Å²) in [7, 11) is 0. The van der Waals surface area contributed by atoms with E-state index >= 15 is 0 Å². The smallest absolute Gasteiger partial charge is 0.292 e. The second kappa shape index (κ2) is 19.7. The molecule has 0 spiro atoms. The lowest BCUT2D eigenvalue weighted by molar-refractivity contribution is 0.0993. The number of carbonyl (C=O) groups is 1. The van der Waals surface area contributed by atoms with E-state index in [1.807, 2.05) is 55.5 Å². The predicted octanol–water partition coefficient (Wildman–Crippen LogP) is 8.76. The van der Waals surface area contributed by atoms with Gasteiger partial charge in [-0.1, -0.05) is 90.0 Å². The molecular formula is C40H32N4O5. The van der Waals surface area contributed by atoms with Crippen LogP contribution in [0.15, 0.2) is 130 Å². The molecule has 0 aliphatic heterocycles. The van der Waals surface area contributed by atoms with Crippen LogP contribution in [-0.4, -0.2) is 24.0 Å². The van der Waals surface area contributed by atoms with Gasteiger partial charge >= 0.3 is 0 Å². The van der Waals surface area contributed by atoms with E-state index in [1.54, 1.807) is 43.3 Å². The number of ether oxygens (including phenoxy) is 1. The van der Waals surface area contributed by atoms with Gasteiger partial charge in [0.2, 0.25) is 18.2 Å². The Hall–Kier alpha value is -6.80. The van der Waals surface area contributed by atoms with E-state index in [0.717, 1.165) is 23.1 Å². The first-order chi connectivity index (χ1) is 23.7. The van der Waals surface area contributed by atoms with E-state index in [1.165, 1.54) is 47.3 Å². The van der Waals surface area contributed by atoms with Crippen LogP contribution in [0.3, 0.4) is 0 Å². The first-order valence-electron chi connectivity index (χ1n) is 15.0. The van der Waals surface area contributed by atoms with E-state index in [-0.39, 0.29) is 5.78 Å². The van der Waals surface area contributed by atoms with Crippen LogP contribution in [0.2, 0.25) is 0 Å². The molecule has 9 heteroatoms. The van der Waals surface area contributed by atoms with Crippen molar-refractivity contribution in [1.82, 2.24) is 0 Å². The molecule has 0 atom stereocenters. The van der Waals surface area contributed by atoms with Crippen molar-refractivity contribution >= 4 is 41.1 Å². The van der Waals surface area contributed by atoms with Crippen LogP contribution in [0.1, 0.15) is 43.7 Å². The zero-order valence-corrected chi connectivity index (χ0v) is 27.2. The Bertz CT molecular complexity index is 2030. The van der Waals surface area contributed by atoms with Crippen LogP contribution in [-0.2, 0) is 27.2 Å². The molecule has 5 aromatic rings. The lowest BCUT2D eigenvalue weighted by Gasteiger charge is -2.02. The number of ketones is 1. The fraction of sp³-hybridized carbons (Fsp3) is 0.125. The van der Waals surface area contributed by atoms with Gasteiger partial charge in [-0.05, 0) is 79.8 Å². The molecule has 0 aromatic heterocycles. The number of hydrogen-bond acceptors (Lipinski definition) is 9. The van der Waals surface area contributed by atoms with Crippen LogP contribution < -0.4 is 4.74 Å². The molecule has 5 aromatic carbocycles. The van der Waals surface area contributed by atoms with Crippen LogP contribution in [0.25, 0.3) is 0 Å². The first-order valence-corrected chi connectivity index (χ1v) is 15.0. The number of aliphatic imine (C=N–C) groups is 3. The molecule has 49 heavy (non-hydrogen) atoms. The van der Waals surface area contributed by atoms with Crippen LogP contribution in [0.4, 0.5) is 17.1 Å². The van der Waals surface area contributed by atoms with E-state index in [0.29, 0.717) is 34.8 Å². The van der Waals surface area contributed by atoms with Crippen molar-refractivity contribution < 1.29 is 23.9 Å². The molecule has 0 N–H and O–H groups in total. The summed E-state index contributed by atoms with van der Waals surface area (Å²) in [5.74, 6) is 0.439. The minimum atomic E-state index is 0.0756. The van der Waals surface area contributed by atoms with Crippen molar-refractivity contribution in [1.29, 1.82) is 5.26 Å². The predicted molar refractivity (Wildman–Crippen MR) is 187 cm³/mol. The Balaban J connectivity index is 0.000000203. The molecule has 0 heterocycles.